The standard InChI is InChI=1S/C8H16O2.Dy/c1-3-5-6-7(4-2)8(9)10;/h7H,3-6H2,1-2H3,(H,9,10);. The van der Waals surface area contributed by atoms with Gasteiger partial charge in [0.15, 0.2) is 0 Å². The van der Waals surface area contributed by atoms with Crippen LogP contribution in [0.25, 0.3) is 0 Å². The average Bonchev–Trinajstić information content (AvgIpc) is 1.89. The van der Waals surface area contributed by atoms with Gasteiger partial charge in [0.25, 0.3) is 0 Å². The number of carboxylic acids is 1. The van der Waals surface area contributed by atoms with Crippen molar-refractivity contribution in [3.05, 3.63) is 0 Å². The molecule has 1 N–H and O–H groups in total. The molecule has 1 atom stereocenters. The molecule has 3 heteroatoms. The van der Waals surface area contributed by atoms with Crippen molar-refractivity contribution >= 4 is 5.97 Å². The van der Waals surface area contributed by atoms with Crippen LogP contribution in [-0.4, -0.2) is 11.1 Å². The second-order valence-electron chi connectivity index (χ2n) is 2.59. The second kappa shape index (κ2) is 8.84. The zero-order valence-electron chi connectivity index (χ0n) is 7.08. The van der Waals surface area contributed by atoms with Crippen LogP contribution < -0.4 is 0 Å². The Labute approximate surface area is 98.8 Å². The molecule has 1 unspecified atom stereocenters. The summed E-state index contributed by atoms with van der Waals surface area (Å²) in [6.07, 6.45) is 3.71. The summed E-state index contributed by atoms with van der Waals surface area (Å²) in [6, 6.07) is 0. The minimum Gasteiger partial charge on any atom is -0.481 e. The fourth-order valence-corrected chi connectivity index (χ4v) is 0.953. The number of hydrogen-bond donors (Lipinski definition) is 1. The summed E-state index contributed by atoms with van der Waals surface area (Å²) in [4.78, 5) is 10.4. The van der Waals surface area contributed by atoms with E-state index in [0.717, 1.165) is 25.7 Å². The van der Waals surface area contributed by atoms with Crippen molar-refractivity contribution < 1.29 is 48.1 Å². The van der Waals surface area contributed by atoms with Crippen LogP contribution in [0.3, 0.4) is 0 Å². The van der Waals surface area contributed by atoms with Crippen LogP contribution in [0.1, 0.15) is 39.5 Å². The van der Waals surface area contributed by atoms with Crippen LogP contribution in [0, 0.1) is 44.1 Å². The number of carboxylic acid groups (broad SMARTS) is 1. The number of unbranched alkanes of at least 4 members (excludes halogenated alkanes) is 1. The van der Waals surface area contributed by atoms with E-state index in [-0.39, 0.29) is 44.1 Å². The normalized spacial score (nSPS) is 11.8. The summed E-state index contributed by atoms with van der Waals surface area (Å²) in [5.41, 5.74) is 0. The molecule has 2 nitrogen and oxygen atoms in total. The van der Waals surface area contributed by atoms with E-state index in [1.807, 2.05) is 6.92 Å². The SMILES string of the molecule is CCCCC(CC)C(=O)O.[Dy]. The Bertz CT molecular complexity index is 104. The summed E-state index contributed by atoms with van der Waals surface area (Å²) >= 11 is 0. The molecule has 0 heterocycles. The first-order valence-corrected chi connectivity index (χ1v) is 3.95. The van der Waals surface area contributed by atoms with Crippen molar-refractivity contribution in [2.75, 3.05) is 0 Å². The summed E-state index contributed by atoms with van der Waals surface area (Å²) in [5, 5.41) is 8.60. The number of rotatable bonds is 5. The van der Waals surface area contributed by atoms with Gasteiger partial charge in [0.1, 0.15) is 0 Å². The van der Waals surface area contributed by atoms with Crippen LogP contribution in [-0.2, 0) is 4.79 Å². The molecule has 0 amide bonds. The number of aliphatic carboxylic acids is 1. The van der Waals surface area contributed by atoms with Gasteiger partial charge in [-0.1, -0.05) is 26.7 Å². The Balaban J connectivity index is 0. The first kappa shape index (κ1) is 14.3. The van der Waals surface area contributed by atoms with Gasteiger partial charge in [0.2, 0.25) is 0 Å². The Kier molecular flexibility index (Phi) is 11.5. The van der Waals surface area contributed by atoms with Gasteiger partial charge in [-0.2, -0.15) is 0 Å². The van der Waals surface area contributed by atoms with E-state index < -0.39 is 5.97 Å². The van der Waals surface area contributed by atoms with Crippen molar-refractivity contribution in [2.45, 2.75) is 39.5 Å². The number of carbonyl (C=O) groups is 1. The van der Waals surface area contributed by atoms with Gasteiger partial charge in [-0.3, -0.25) is 4.79 Å². The molecule has 0 spiro atoms. The minimum atomic E-state index is -0.643. The van der Waals surface area contributed by atoms with Crippen LogP contribution >= 0.6 is 0 Å². The molecule has 11 heavy (non-hydrogen) atoms. The average molecular weight is 307 g/mol. The predicted octanol–water partition coefficient (Wildman–Crippen LogP) is 2.29. The predicted molar refractivity (Wildman–Crippen MR) is 40.9 cm³/mol. The van der Waals surface area contributed by atoms with Crippen molar-refractivity contribution in [3.63, 3.8) is 0 Å². The van der Waals surface area contributed by atoms with Crippen LogP contribution in [0.5, 0.6) is 0 Å². The van der Waals surface area contributed by atoms with Gasteiger partial charge in [-0.05, 0) is 12.8 Å². The zero-order valence-corrected chi connectivity index (χ0v) is 9.11. The van der Waals surface area contributed by atoms with Gasteiger partial charge >= 0.3 is 5.97 Å². The third-order valence-electron chi connectivity index (χ3n) is 1.75. The molecule has 70 valence electrons. The van der Waals surface area contributed by atoms with Gasteiger partial charge in [0, 0.05) is 38.2 Å². The van der Waals surface area contributed by atoms with E-state index in [9.17, 15) is 4.79 Å². The Morgan fingerprint density at radius 2 is 2.00 bits per heavy atom. The van der Waals surface area contributed by atoms with Crippen molar-refractivity contribution in [3.8, 4) is 0 Å². The Morgan fingerprint density at radius 3 is 2.27 bits per heavy atom. The fourth-order valence-electron chi connectivity index (χ4n) is 0.953. The first-order chi connectivity index (χ1) is 4.72. The molecule has 0 radical (unpaired) electrons. The maximum absolute atomic E-state index is 10.4. The third-order valence-corrected chi connectivity index (χ3v) is 1.75. The molecule has 0 aromatic heterocycles. The second-order valence-corrected chi connectivity index (χ2v) is 2.59. The Morgan fingerprint density at radius 1 is 1.45 bits per heavy atom. The summed E-state index contributed by atoms with van der Waals surface area (Å²) in [6.45, 7) is 4.00. The van der Waals surface area contributed by atoms with E-state index in [1.54, 1.807) is 0 Å². The zero-order chi connectivity index (χ0) is 7.98. The van der Waals surface area contributed by atoms with Crippen LogP contribution in [0.4, 0.5) is 0 Å². The van der Waals surface area contributed by atoms with Gasteiger partial charge in [0.05, 0.1) is 5.92 Å². The van der Waals surface area contributed by atoms with E-state index in [0.29, 0.717) is 0 Å². The fraction of sp³-hybridized carbons (Fsp3) is 0.875. The minimum absolute atomic E-state index is 0. The maximum Gasteiger partial charge on any atom is 0.306 e. The molecule has 0 aliphatic carbocycles. The topological polar surface area (TPSA) is 37.3 Å². The maximum atomic E-state index is 10.4. The smallest absolute Gasteiger partial charge is 0.306 e. The monoisotopic (exact) mass is 308 g/mol. The summed E-state index contributed by atoms with van der Waals surface area (Å²) < 4.78 is 0. The molecule has 0 aromatic rings. The van der Waals surface area contributed by atoms with Crippen molar-refractivity contribution in [1.82, 2.24) is 0 Å². The first-order valence-electron chi connectivity index (χ1n) is 3.95. The molecule has 0 rings (SSSR count). The summed E-state index contributed by atoms with van der Waals surface area (Å²) in [5.74, 6) is -0.754. The van der Waals surface area contributed by atoms with E-state index in [4.69, 9.17) is 5.11 Å². The molecular weight excluding hydrogens is 291 g/mol. The van der Waals surface area contributed by atoms with Gasteiger partial charge < -0.3 is 5.11 Å². The molecular formula is C8H16DyO2. The van der Waals surface area contributed by atoms with E-state index >= 15 is 0 Å². The molecule has 0 fully saturated rings. The van der Waals surface area contributed by atoms with Crippen LogP contribution in [0.15, 0.2) is 0 Å². The molecule has 0 aliphatic rings. The summed E-state index contributed by atoms with van der Waals surface area (Å²) in [7, 11) is 0. The van der Waals surface area contributed by atoms with Crippen molar-refractivity contribution in [1.29, 1.82) is 0 Å². The Hall–Kier alpha value is 0.743. The van der Waals surface area contributed by atoms with Crippen molar-refractivity contribution in [2.24, 2.45) is 5.92 Å². The molecule has 0 saturated heterocycles. The molecule has 0 bridgehead atoms. The quantitative estimate of drug-likeness (QED) is 0.846. The molecule has 0 aliphatic heterocycles. The van der Waals surface area contributed by atoms with Crippen LogP contribution in [0.2, 0.25) is 0 Å². The largest absolute Gasteiger partial charge is 0.481 e. The van der Waals surface area contributed by atoms with Gasteiger partial charge in [-0.15, -0.1) is 0 Å². The molecule has 0 aromatic carbocycles. The van der Waals surface area contributed by atoms with E-state index in [2.05, 4.69) is 6.92 Å². The molecule has 0 saturated carbocycles. The van der Waals surface area contributed by atoms with Gasteiger partial charge in [-0.25, -0.2) is 0 Å². The number of hydrogen-bond acceptors (Lipinski definition) is 1. The third kappa shape index (κ3) is 7.12. The van der Waals surface area contributed by atoms with E-state index in [1.165, 1.54) is 0 Å².